The van der Waals surface area contributed by atoms with Crippen LogP contribution in [0.25, 0.3) is 15.9 Å². The van der Waals surface area contributed by atoms with Gasteiger partial charge in [0.2, 0.25) is 5.91 Å². The second-order valence-corrected chi connectivity index (χ2v) is 10.8. The Morgan fingerprint density at radius 1 is 1.20 bits per heavy atom. The van der Waals surface area contributed by atoms with E-state index in [1.807, 2.05) is 37.3 Å². The van der Waals surface area contributed by atoms with Gasteiger partial charge in [-0.05, 0) is 80.1 Å². The number of anilines is 1. The molecule has 0 atom stereocenters. The van der Waals surface area contributed by atoms with Crippen molar-refractivity contribution in [2.75, 3.05) is 18.2 Å². The van der Waals surface area contributed by atoms with Gasteiger partial charge >= 0.3 is 0 Å². The number of aromatic nitrogens is 2. The maximum absolute atomic E-state index is 13.8. The van der Waals surface area contributed by atoms with Crippen molar-refractivity contribution in [2.45, 2.75) is 37.8 Å². The van der Waals surface area contributed by atoms with E-state index in [1.165, 1.54) is 16.6 Å². The fourth-order valence-electron chi connectivity index (χ4n) is 4.30. The lowest BCUT2D eigenvalue weighted by molar-refractivity contribution is -0.113. The van der Waals surface area contributed by atoms with Crippen LogP contribution in [0.1, 0.15) is 28.8 Å². The van der Waals surface area contributed by atoms with Crippen LogP contribution < -0.4 is 15.6 Å². The number of nitrogens with one attached hydrogen (secondary N) is 1. The smallest absolute Gasteiger partial charge is 0.267 e. The van der Waals surface area contributed by atoms with E-state index >= 15 is 0 Å². The highest BCUT2D eigenvalue weighted by Crippen LogP contribution is 2.35. The number of thioether (sulfide) groups is 1. The number of halogens is 1. The first-order valence-electron chi connectivity index (χ1n) is 11.4. The summed E-state index contributed by atoms with van der Waals surface area (Å²) in [5, 5.41) is 4.71. The van der Waals surface area contributed by atoms with E-state index in [-0.39, 0.29) is 17.2 Å². The fourth-order valence-corrected chi connectivity index (χ4v) is 6.59. The third kappa shape index (κ3) is 4.70. The van der Waals surface area contributed by atoms with Crippen LogP contribution in [-0.2, 0) is 17.6 Å². The summed E-state index contributed by atoms with van der Waals surface area (Å²) in [6, 6.07) is 12.7. The van der Waals surface area contributed by atoms with Crippen molar-refractivity contribution in [3.8, 4) is 11.4 Å². The molecule has 0 unspecified atom stereocenters. The average molecular weight is 526 g/mol. The van der Waals surface area contributed by atoms with Gasteiger partial charge in [-0.15, -0.1) is 11.3 Å². The van der Waals surface area contributed by atoms with Crippen LogP contribution in [0.4, 0.5) is 5.69 Å². The molecule has 0 fully saturated rings. The van der Waals surface area contributed by atoms with Crippen LogP contribution in [0.3, 0.4) is 0 Å². The first kappa shape index (κ1) is 23.9. The molecule has 1 N–H and O–H groups in total. The number of rotatable bonds is 6. The van der Waals surface area contributed by atoms with Gasteiger partial charge in [-0.1, -0.05) is 29.4 Å². The van der Waals surface area contributed by atoms with Crippen molar-refractivity contribution >= 4 is 56.5 Å². The molecule has 0 saturated heterocycles. The van der Waals surface area contributed by atoms with E-state index < -0.39 is 0 Å². The molecule has 4 aromatic rings. The highest BCUT2D eigenvalue weighted by atomic mass is 35.5. The Hall–Kier alpha value is -2.81. The number of nitrogens with zero attached hydrogens (tertiary/aromatic N) is 2. The zero-order valence-electron chi connectivity index (χ0n) is 19.4. The van der Waals surface area contributed by atoms with Crippen LogP contribution in [0.15, 0.2) is 52.4 Å². The quantitative estimate of drug-likeness (QED) is 0.246. The molecule has 2 heterocycles. The highest BCUT2D eigenvalue weighted by molar-refractivity contribution is 7.99. The zero-order valence-corrected chi connectivity index (χ0v) is 21.8. The number of aryl methyl sites for hydroxylation is 2. The van der Waals surface area contributed by atoms with Crippen LogP contribution in [0, 0.1) is 6.92 Å². The summed E-state index contributed by atoms with van der Waals surface area (Å²) in [5.41, 5.74) is 3.22. The Labute approximate surface area is 216 Å². The summed E-state index contributed by atoms with van der Waals surface area (Å²) in [7, 11) is 1.61. The summed E-state index contributed by atoms with van der Waals surface area (Å²) < 4.78 is 6.90. The molecule has 0 saturated carbocycles. The number of methoxy groups -OCH3 is 1. The standard InChI is InChI=1S/C26H24ClN3O3S2/c1-15-19(27)7-5-8-20(15)28-22(31)14-34-26-29-24-23(18-6-3-4-9-21(18)35-24)25(32)30(26)16-10-12-17(33-2)13-11-16/h5,7-8,10-13H,3-4,6,9,14H2,1-2H3,(H,28,31). The predicted molar refractivity (Wildman–Crippen MR) is 144 cm³/mol. The van der Waals surface area contributed by atoms with Gasteiger partial charge < -0.3 is 10.1 Å². The SMILES string of the molecule is COc1ccc(-n2c(SCC(=O)Nc3cccc(Cl)c3C)nc3sc4c(c3c2=O)CCCC4)cc1. The minimum Gasteiger partial charge on any atom is -0.497 e. The Bertz CT molecular complexity index is 1480. The minimum absolute atomic E-state index is 0.0897. The van der Waals surface area contributed by atoms with Crippen LogP contribution >= 0.6 is 34.7 Å². The number of thiophene rings is 1. The molecule has 0 radical (unpaired) electrons. The molecule has 9 heteroatoms. The van der Waals surface area contributed by atoms with Crippen molar-refractivity contribution in [3.05, 3.63) is 73.8 Å². The van der Waals surface area contributed by atoms with Gasteiger partial charge in [0, 0.05) is 15.6 Å². The van der Waals surface area contributed by atoms with E-state index in [4.69, 9.17) is 21.3 Å². The average Bonchev–Trinajstić information content (AvgIpc) is 3.24. The summed E-state index contributed by atoms with van der Waals surface area (Å²) in [6.07, 6.45) is 4.11. The number of hydrogen-bond donors (Lipinski definition) is 1. The number of amides is 1. The van der Waals surface area contributed by atoms with Crippen LogP contribution in [-0.4, -0.2) is 28.3 Å². The van der Waals surface area contributed by atoms with Gasteiger partial charge in [0.1, 0.15) is 10.6 Å². The monoisotopic (exact) mass is 525 g/mol. The lowest BCUT2D eigenvalue weighted by atomic mass is 9.97. The lowest BCUT2D eigenvalue weighted by Gasteiger charge is -2.14. The van der Waals surface area contributed by atoms with Gasteiger partial charge in [0.15, 0.2) is 5.16 Å². The molecule has 6 nitrogen and oxygen atoms in total. The lowest BCUT2D eigenvalue weighted by Crippen LogP contribution is -2.23. The van der Waals surface area contributed by atoms with Crippen molar-refractivity contribution in [1.82, 2.24) is 9.55 Å². The van der Waals surface area contributed by atoms with Crippen LogP contribution in [0.2, 0.25) is 5.02 Å². The molecular weight excluding hydrogens is 502 g/mol. The molecule has 180 valence electrons. The number of benzene rings is 2. The van der Waals surface area contributed by atoms with Gasteiger partial charge in [0.25, 0.3) is 5.56 Å². The summed E-state index contributed by atoms with van der Waals surface area (Å²) in [4.78, 5) is 33.5. The molecule has 0 spiro atoms. The van der Waals surface area contributed by atoms with Crippen LogP contribution in [0.5, 0.6) is 5.75 Å². The Kier molecular flexibility index (Phi) is 6.86. The highest BCUT2D eigenvalue weighted by Gasteiger charge is 2.23. The number of carbonyl (C=O) groups excluding carboxylic acids is 1. The Morgan fingerprint density at radius 3 is 2.74 bits per heavy atom. The third-order valence-electron chi connectivity index (χ3n) is 6.16. The molecule has 35 heavy (non-hydrogen) atoms. The molecule has 2 aromatic heterocycles. The van der Waals surface area contributed by atoms with Gasteiger partial charge in [-0.2, -0.15) is 0 Å². The largest absolute Gasteiger partial charge is 0.497 e. The molecule has 0 aliphatic heterocycles. The van der Waals surface area contributed by atoms with Crippen molar-refractivity contribution in [1.29, 1.82) is 0 Å². The molecule has 0 bridgehead atoms. The van der Waals surface area contributed by atoms with Crippen molar-refractivity contribution < 1.29 is 9.53 Å². The second-order valence-electron chi connectivity index (χ2n) is 8.37. The summed E-state index contributed by atoms with van der Waals surface area (Å²) in [6.45, 7) is 1.86. The van der Waals surface area contributed by atoms with E-state index in [0.717, 1.165) is 41.6 Å². The van der Waals surface area contributed by atoms with Gasteiger partial charge in [0.05, 0.1) is 23.9 Å². The normalized spacial score (nSPS) is 13.0. The van der Waals surface area contributed by atoms with E-state index in [2.05, 4.69) is 5.32 Å². The first-order valence-corrected chi connectivity index (χ1v) is 13.5. The number of ether oxygens (including phenoxy) is 1. The summed E-state index contributed by atoms with van der Waals surface area (Å²) >= 11 is 9.04. The molecule has 2 aromatic carbocycles. The van der Waals surface area contributed by atoms with Gasteiger partial charge in [-0.3, -0.25) is 14.2 Å². The fraction of sp³-hybridized carbons (Fsp3) is 0.269. The Morgan fingerprint density at radius 2 is 1.97 bits per heavy atom. The molecular formula is C26H24ClN3O3S2. The number of hydrogen-bond acceptors (Lipinski definition) is 6. The topological polar surface area (TPSA) is 73.2 Å². The first-order chi connectivity index (χ1) is 17.0. The molecule has 1 aliphatic rings. The van der Waals surface area contributed by atoms with Crippen molar-refractivity contribution in [2.24, 2.45) is 0 Å². The van der Waals surface area contributed by atoms with Crippen molar-refractivity contribution in [3.63, 3.8) is 0 Å². The third-order valence-corrected chi connectivity index (χ3v) is 8.70. The molecule has 1 aliphatic carbocycles. The predicted octanol–water partition coefficient (Wildman–Crippen LogP) is 6.03. The zero-order chi connectivity index (χ0) is 24.5. The Balaban J connectivity index is 1.52. The van der Waals surface area contributed by atoms with E-state index in [0.29, 0.717) is 32.7 Å². The second kappa shape index (κ2) is 10.0. The molecule has 1 amide bonds. The minimum atomic E-state index is -0.193. The maximum atomic E-state index is 13.8. The van der Waals surface area contributed by atoms with Gasteiger partial charge in [-0.25, -0.2) is 4.98 Å². The maximum Gasteiger partial charge on any atom is 0.267 e. The number of fused-ring (bicyclic) bond motifs is 3. The number of carbonyl (C=O) groups is 1. The summed E-state index contributed by atoms with van der Waals surface area (Å²) in [5.74, 6) is 0.612. The molecule has 5 rings (SSSR count). The van der Waals surface area contributed by atoms with E-state index in [9.17, 15) is 9.59 Å². The van der Waals surface area contributed by atoms with E-state index in [1.54, 1.807) is 35.1 Å².